The molecule has 2 rings (SSSR count). The van der Waals surface area contributed by atoms with Crippen molar-refractivity contribution < 1.29 is 13.9 Å². The number of methoxy groups -OCH3 is 2. The molecule has 1 aromatic carbocycles. The smallest absolute Gasteiger partial charge is 0.126 e. The van der Waals surface area contributed by atoms with Crippen LogP contribution in [0.25, 0.3) is 0 Å². The lowest BCUT2D eigenvalue weighted by atomic mass is 10.0. The van der Waals surface area contributed by atoms with E-state index in [-0.39, 0.29) is 24.1 Å². The van der Waals surface area contributed by atoms with Crippen molar-refractivity contribution in [3.8, 4) is 0 Å². The van der Waals surface area contributed by atoms with E-state index in [0.717, 1.165) is 31.6 Å². The highest BCUT2D eigenvalue weighted by Gasteiger charge is 2.32. The monoisotopic (exact) mass is 296 g/mol. The number of benzene rings is 1. The maximum atomic E-state index is 13.6. The molecule has 0 spiro atoms. The third-order valence-corrected chi connectivity index (χ3v) is 4.28. The van der Waals surface area contributed by atoms with Crippen LogP contribution in [-0.4, -0.2) is 51.0 Å². The number of aryl methyl sites for hydroxylation is 1. The summed E-state index contributed by atoms with van der Waals surface area (Å²) in [4.78, 5) is 2.28. The summed E-state index contributed by atoms with van der Waals surface area (Å²) in [6, 6.07) is 5.08. The summed E-state index contributed by atoms with van der Waals surface area (Å²) in [5, 5.41) is 0. The second-order valence-electron chi connectivity index (χ2n) is 5.71. The van der Waals surface area contributed by atoms with Crippen molar-refractivity contribution in [2.75, 3.05) is 33.9 Å². The van der Waals surface area contributed by atoms with Gasteiger partial charge in [0.25, 0.3) is 0 Å². The molecule has 21 heavy (non-hydrogen) atoms. The Morgan fingerprint density at radius 3 is 2.43 bits per heavy atom. The van der Waals surface area contributed by atoms with E-state index in [9.17, 15) is 4.39 Å². The summed E-state index contributed by atoms with van der Waals surface area (Å²) >= 11 is 0. The minimum Gasteiger partial charge on any atom is -0.377 e. The Balaban J connectivity index is 1.86. The lowest BCUT2D eigenvalue weighted by Crippen LogP contribution is -2.27. The number of likely N-dealkylation sites (tertiary alicyclic amines) is 1. The Hall–Kier alpha value is -1.01. The summed E-state index contributed by atoms with van der Waals surface area (Å²) in [5.41, 5.74) is 7.67. The highest BCUT2D eigenvalue weighted by atomic mass is 19.1. The fourth-order valence-corrected chi connectivity index (χ4v) is 2.78. The standard InChI is InChI=1S/C16H25FN2O2/c1-11-4-5-12(8-13(11)17)14(18)6-7-19-9-15(20-2)16(10-19)21-3/h4-5,8,14-16H,6-7,9-10,18H2,1-3H3. The van der Waals surface area contributed by atoms with Crippen LogP contribution >= 0.6 is 0 Å². The molecule has 1 aliphatic rings. The Kier molecular flexibility index (Phi) is 5.70. The summed E-state index contributed by atoms with van der Waals surface area (Å²) in [5.74, 6) is -0.192. The van der Waals surface area contributed by atoms with E-state index >= 15 is 0 Å². The van der Waals surface area contributed by atoms with Gasteiger partial charge in [0.05, 0.1) is 12.2 Å². The lowest BCUT2D eigenvalue weighted by molar-refractivity contribution is -0.00461. The maximum Gasteiger partial charge on any atom is 0.126 e. The Morgan fingerprint density at radius 2 is 1.90 bits per heavy atom. The van der Waals surface area contributed by atoms with Crippen LogP contribution in [0, 0.1) is 12.7 Å². The van der Waals surface area contributed by atoms with Gasteiger partial charge in [0.2, 0.25) is 0 Å². The van der Waals surface area contributed by atoms with Gasteiger partial charge in [-0.2, -0.15) is 0 Å². The second kappa shape index (κ2) is 7.31. The number of halogens is 1. The van der Waals surface area contributed by atoms with Gasteiger partial charge in [0, 0.05) is 39.9 Å². The van der Waals surface area contributed by atoms with E-state index < -0.39 is 0 Å². The Bertz CT molecular complexity index is 458. The topological polar surface area (TPSA) is 47.7 Å². The molecule has 4 nitrogen and oxygen atoms in total. The first-order valence-corrected chi connectivity index (χ1v) is 7.34. The van der Waals surface area contributed by atoms with Gasteiger partial charge in [0.1, 0.15) is 5.82 Å². The molecule has 0 radical (unpaired) electrons. The number of nitrogens with zero attached hydrogens (tertiary/aromatic N) is 1. The first kappa shape index (κ1) is 16.4. The van der Waals surface area contributed by atoms with Crippen molar-refractivity contribution in [1.82, 2.24) is 4.90 Å². The molecular weight excluding hydrogens is 271 g/mol. The van der Waals surface area contributed by atoms with Gasteiger partial charge in [-0.3, -0.25) is 4.90 Å². The second-order valence-corrected chi connectivity index (χ2v) is 5.71. The molecule has 3 atom stereocenters. The van der Waals surface area contributed by atoms with E-state index in [4.69, 9.17) is 15.2 Å². The van der Waals surface area contributed by atoms with Gasteiger partial charge in [-0.25, -0.2) is 4.39 Å². The molecule has 0 aliphatic carbocycles. The van der Waals surface area contributed by atoms with Crippen LogP contribution in [-0.2, 0) is 9.47 Å². The average Bonchev–Trinajstić information content (AvgIpc) is 2.90. The highest BCUT2D eigenvalue weighted by molar-refractivity contribution is 5.25. The van der Waals surface area contributed by atoms with Crippen LogP contribution in [0.1, 0.15) is 23.6 Å². The fraction of sp³-hybridized carbons (Fsp3) is 0.625. The maximum absolute atomic E-state index is 13.6. The molecule has 1 fully saturated rings. The Morgan fingerprint density at radius 1 is 1.29 bits per heavy atom. The van der Waals surface area contributed by atoms with Crippen molar-refractivity contribution in [2.45, 2.75) is 31.6 Å². The van der Waals surface area contributed by atoms with Crippen molar-refractivity contribution in [3.05, 3.63) is 35.1 Å². The molecule has 1 heterocycles. The van der Waals surface area contributed by atoms with Crippen molar-refractivity contribution in [1.29, 1.82) is 0 Å². The van der Waals surface area contributed by atoms with Crippen LogP contribution in [0.15, 0.2) is 18.2 Å². The first-order chi connectivity index (χ1) is 10.0. The normalized spacial score (nSPS) is 24.4. The van der Waals surface area contributed by atoms with Gasteiger partial charge in [-0.1, -0.05) is 12.1 Å². The molecule has 1 aliphatic heterocycles. The van der Waals surface area contributed by atoms with E-state index in [1.54, 1.807) is 33.3 Å². The van der Waals surface area contributed by atoms with Crippen molar-refractivity contribution >= 4 is 0 Å². The predicted octanol–water partition coefficient (Wildman–Crippen LogP) is 1.87. The van der Waals surface area contributed by atoms with E-state index in [1.165, 1.54) is 0 Å². The number of hydrogen-bond donors (Lipinski definition) is 1. The molecule has 118 valence electrons. The summed E-state index contributed by atoms with van der Waals surface area (Å²) in [6.45, 7) is 4.31. The summed E-state index contributed by atoms with van der Waals surface area (Å²) in [7, 11) is 3.42. The third kappa shape index (κ3) is 4.01. The molecule has 1 aromatic rings. The first-order valence-electron chi connectivity index (χ1n) is 7.34. The number of rotatable bonds is 6. The molecule has 0 bridgehead atoms. The van der Waals surface area contributed by atoms with Gasteiger partial charge >= 0.3 is 0 Å². The van der Waals surface area contributed by atoms with Crippen LogP contribution in [0.2, 0.25) is 0 Å². The zero-order valence-electron chi connectivity index (χ0n) is 13.0. The van der Waals surface area contributed by atoms with Crippen LogP contribution in [0.5, 0.6) is 0 Å². The lowest BCUT2D eigenvalue weighted by Gasteiger charge is -2.19. The van der Waals surface area contributed by atoms with E-state index in [2.05, 4.69) is 4.90 Å². The number of hydrogen-bond acceptors (Lipinski definition) is 4. The van der Waals surface area contributed by atoms with Crippen molar-refractivity contribution in [3.63, 3.8) is 0 Å². The van der Waals surface area contributed by atoms with Crippen LogP contribution in [0.4, 0.5) is 4.39 Å². The third-order valence-electron chi connectivity index (χ3n) is 4.28. The molecule has 0 aromatic heterocycles. The number of ether oxygens (including phenoxy) is 2. The highest BCUT2D eigenvalue weighted by Crippen LogP contribution is 2.20. The molecular formula is C16H25FN2O2. The van der Waals surface area contributed by atoms with Crippen molar-refractivity contribution in [2.24, 2.45) is 5.73 Å². The molecule has 5 heteroatoms. The van der Waals surface area contributed by atoms with Gasteiger partial charge in [-0.15, -0.1) is 0 Å². The molecule has 0 saturated carbocycles. The van der Waals surface area contributed by atoms with Gasteiger partial charge < -0.3 is 15.2 Å². The van der Waals surface area contributed by atoms with E-state index in [0.29, 0.717) is 5.56 Å². The molecule has 3 unspecified atom stereocenters. The van der Waals surface area contributed by atoms with Gasteiger partial charge in [0.15, 0.2) is 0 Å². The average molecular weight is 296 g/mol. The fourth-order valence-electron chi connectivity index (χ4n) is 2.78. The quantitative estimate of drug-likeness (QED) is 0.870. The molecule has 1 saturated heterocycles. The minimum absolute atomic E-state index is 0.114. The zero-order chi connectivity index (χ0) is 15.4. The predicted molar refractivity (Wildman–Crippen MR) is 80.7 cm³/mol. The number of nitrogens with two attached hydrogens (primary N) is 1. The van der Waals surface area contributed by atoms with Crippen LogP contribution < -0.4 is 5.73 Å². The zero-order valence-corrected chi connectivity index (χ0v) is 13.0. The molecule has 0 amide bonds. The summed E-state index contributed by atoms with van der Waals surface area (Å²) < 4.78 is 24.4. The Labute approximate surface area is 126 Å². The van der Waals surface area contributed by atoms with Gasteiger partial charge in [-0.05, 0) is 30.5 Å². The SMILES string of the molecule is COC1CN(CCC(N)c2ccc(C)c(F)c2)CC1OC. The minimum atomic E-state index is -0.192. The van der Waals surface area contributed by atoms with E-state index in [1.807, 2.05) is 6.07 Å². The largest absolute Gasteiger partial charge is 0.377 e. The summed E-state index contributed by atoms with van der Waals surface area (Å²) in [6.07, 6.45) is 1.01. The molecule has 2 N–H and O–H groups in total. The van der Waals surface area contributed by atoms with Crippen LogP contribution in [0.3, 0.4) is 0 Å².